The zero-order chi connectivity index (χ0) is 10.2. The highest BCUT2D eigenvalue weighted by molar-refractivity contribution is 4.98. The molecule has 0 amide bonds. The third kappa shape index (κ3) is 2.45. The molecule has 0 bridgehead atoms. The molecule has 0 unspecified atom stereocenters. The first-order valence-corrected chi connectivity index (χ1v) is 5.58. The minimum absolute atomic E-state index is 0.317. The fourth-order valence-corrected chi connectivity index (χ4v) is 1.98. The minimum Gasteiger partial charge on any atom is -0.378 e. The standard InChI is InChI=1S/C11H20FNO/c1-9(2)14-8-11(3-4-11)7-13-5-10(12)6-13/h9-10H,3-8H2,1-2H3. The third-order valence-electron chi connectivity index (χ3n) is 3.15. The third-order valence-corrected chi connectivity index (χ3v) is 3.15. The van der Waals surface area contributed by atoms with E-state index in [1.54, 1.807) is 0 Å². The van der Waals surface area contributed by atoms with Crippen LogP contribution in [0.4, 0.5) is 4.39 Å². The van der Waals surface area contributed by atoms with E-state index in [1.165, 1.54) is 12.8 Å². The van der Waals surface area contributed by atoms with E-state index in [0.29, 0.717) is 24.6 Å². The predicted octanol–water partition coefficient (Wildman–Crippen LogP) is 1.85. The quantitative estimate of drug-likeness (QED) is 0.673. The van der Waals surface area contributed by atoms with Crippen LogP contribution in [0.3, 0.4) is 0 Å². The number of ether oxygens (including phenoxy) is 1. The SMILES string of the molecule is CC(C)OCC1(CN2CC(F)C2)CC1. The van der Waals surface area contributed by atoms with Gasteiger partial charge >= 0.3 is 0 Å². The summed E-state index contributed by atoms with van der Waals surface area (Å²) in [5, 5.41) is 0. The Balaban J connectivity index is 1.68. The van der Waals surface area contributed by atoms with E-state index in [4.69, 9.17) is 4.74 Å². The van der Waals surface area contributed by atoms with Gasteiger partial charge in [0.05, 0.1) is 12.7 Å². The Morgan fingerprint density at radius 1 is 1.43 bits per heavy atom. The van der Waals surface area contributed by atoms with Crippen LogP contribution in [0.25, 0.3) is 0 Å². The van der Waals surface area contributed by atoms with E-state index in [9.17, 15) is 4.39 Å². The second-order valence-corrected chi connectivity index (χ2v) is 5.15. The van der Waals surface area contributed by atoms with Gasteiger partial charge < -0.3 is 4.74 Å². The first-order valence-electron chi connectivity index (χ1n) is 5.58. The van der Waals surface area contributed by atoms with Crippen molar-refractivity contribution >= 4 is 0 Å². The summed E-state index contributed by atoms with van der Waals surface area (Å²) < 4.78 is 18.2. The number of halogens is 1. The van der Waals surface area contributed by atoms with Crippen LogP contribution in [0.1, 0.15) is 26.7 Å². The smallest absolute Gasteiger partial charge is 0.125 e. The molecule has 2 fully saturated rings. The Morgan fingerprint density at radius 2 is 2.07 bits per heavy atom. The highest BCUT2D eigenvalue weighted by atomic mass is 19.1. The molecule has 0 radical (unpaired) electrons. The van der Waals surface area contributed by atoms with Gasteiger partial charge in [0.25, 0.3) is 0 Å². The van der Waals surface area contributed by atoms with Gasteiger partial charge in [-0.2, -0.15) is 0 Å². The monoisotopic (exact) mass is 201 g/mol. The van der Waals surface area contributed by atoms with Crippen LogP contribution >= 0.6 is 0 Å². The van der Waals surface area contributed by atoms with Crippen molar-refractivity contribution in [2.24, 2.45) is 5.41 Å². The van der Waals surface area contributed by atoms with E-state index < -0.39 is 6.17 Å². The van der Waals surface area contributed by atoms with Gasteiger partial charge in [0, 0.05) is 25.0 Å². The number of likely N-dealkylation sites (tertiary alicyclic amines) is 1. The van der Waals surface area contributed by atoms with Gasteiger partial charge in [-0.1, -0.05) is 0 Å². The number of hydrogen-bond acceptors (Lipinski definition) is 2. The van der Waals surface area contributed by atoms with Gasteiger partial charge in [-0.3, -0.25) is 4.90 Å². The lowest BCUT2D eigenvalue weighted by Gasteiger charge is -2.37. The van der Waals surface area contributed by atoms with Crippen LogP contribution < -0.4 is 0 Å². The molecule has 1 aliphatic carbocycles. The minimum atomic E-state index is -0.572. The molecule has 3 heteroatoms. The number of alkyl halides is 1. The molecule has 2 rings (SSSR count). The summed E-state index contributed by atoms with van der Waals surface area (Å²) in [5.41, 5.74) is 0.379. The van der Waals surface area contributed by atoms with E-state index in [2.05, 4.69) is 18.7 Å². The van der Waals surface area contributed by atoms with Crippen LogP contribution in [0.2, 0.25) is 0 Å². The lowest BCUT2D eigenvalue weighted by Crippen LogP contribution is -2.51. The summed E-state index contributed by atoms with van der Waals surface area (Å²) in [4.78, 5) is 2.21. The Hall–Kier alpha value is -0.150. The Bertz CT molecular complexity index is 197. The maximum Gasteiger partial charge on any atom is 0.125 e. The van der Waals surface area contributed by atoms with Crippen molar-refractivity contribution in [1.82, 2.24) is 4.90 Å². The molecule has 82 valence electrons. The van der Waals surface area contributed by atoms with Gasteiger partial charge in [-0.05, 0) is 26.7 Å². The van der Waals surface area contributed by atoms with E-state index in [-0.39, 0.29) is 0 Å². The summed E-state index contributed by atoms with van der Waals surface area (Å²) in [5.74, 6) is 0. The van der Waals surface area contributed by atoms with Crippen molar-refractivity contribution in [3.63, 3.8) is 0 Å². The van der Waals surface area contributed by atoms with Crippen molar-refractivity contribution in [2.45, 2.75) is 39.0 Å². The fourth-order valence-electron chi connectivity index (χ4n) is 1.98. The van der Waals surface area contributed by atoms with Crippen molar-refractivity contribution in [1.29, 1.82) is 0 Å². The average molecular weight is 201 g/mol. The molecular weight excluding hydrogens is 181 g/mol. The van der Waals surface area contributed by atoms with Crippen molar-refractivity contribution in [2.75, 3.05) is 26.2 Å². The van der Waals surface area contributed by atoms with Crippen LogP contribution in [0.15, 0.2) is 0 Å². The number of nitrogens with zero attached hydrogens (tertiary/aromatic N) is 1. The van der Waals surface area contributed by atoms with Crippen LogP contribution in [0.5, 0.6) is 0 Å². The molecule has 0 atom stereocenters. The second-order valence-electron chi connectivity index (χ2n) is 5.15. The van der Waals surface area contributed by atoms with Gasteiger partial charge in [0.15, 0.2) is 0 Å². The molecule has 14 heavy (non-hydrogen) atoms. The lowest BCUT2D eigenvalue weighted by atomic mass is 10.0. The first kappa shape index (κ1) is 10.4. The maximum atomic E-state index is 12.6. The molecular formula is C11H20FNO. The molecule has 0 aromatic rings. The summed E-state index contributed by atoms with van der Waals surface area (Å²) in [6.45, 7) is 7.32. The van der Waals surface area contributed by atoms with Gasteiger partial charge in [0.2, 0.25) is 0 Å². The molecule has 1 heterocycles. The van der Waals surface area contributed by atoms with Crippen molar-refractivity contribution in [3.8, 4) is 0 Å². The van der Waals surface area contributed by atoms with Crippen LogP contribution in [-0.2, 0) is 4.74 Å². The maximum absolute atomic E-state index is 12.6. The Morgan fingerprint density at radius 3 is 2.50 bits per heavy atom. The molecule has 0 N–H and O–H groups in total. The molecule has 0 aromatic heterocycles. The summed E-state index contributed by atoms with van der Waals surface area (Å²) in [6.07, 6.45) is 2.26. The predicted molar refractivity (Wildman–Crippen MR) is 54.1 cm³/mol. The molecule has 0 spiro atoms. The molecule has 1 aliphatic heterocycles. The summed E-state index contributed by atoms with van der Waals surface area (Å²) in [7, 11) is 0. The summed E-state index contributed by atoms with van der Waals surface area (Å²) in [6, 6.07) is 0. The molecule has 0 aromatic carbocycles. The van der Waals surface area contributed by atoms with Crippen molar-refractivity contribution in [3.05, 3.63) is 0 Å². The highest BCUT2D eigenvalue weighted by Gasteiger charge is 2.46. The topological polar surface area (TPSA) is 12.5 Å². The van der Waals surface area contributed by atoms with Gasteiger partial charge in [-0.15, -0.1) is 0 Å². The average Bonchev–Trinajstić information content (AvgIpc) is 2.80. The first-order chi connectivity index (χ1) is 6.60. The second kappa shape index (κ2) is 3.78. The van der Waals surface area contributed by atoms with E-state index >= 15 is 0 Å². The molecule has 2 nitrogen and oxygen atoms in total. The number of rotatable bonds is 5. The zero-order valence-corrected chi connectivity index (χ0v) is 9.13. The normalized spacial score (nSPS) is 26.6. The zero-order valence-electron chi connectivity index (χ0n) is 9.13. The molecule has 1 saturated heterocycles. The lowest BCUT2D eigenvalue weighted by molar-refractivity contribution is 0.00114. The molecule has 1 saturated carbocycles. The van der Waals surface area contributed by atoms with Crippen molar-refractivity contribution < 1.29 is 9.13 Å². The fraction of sp³-hybridized carbons (Fsp3) is 1.00. The van der Waals surface area contributed by atoms with E-state index in [1.807, 2.05) is 0 Å². The van der Waals surface area contributed by atoms with Crippen LogP contribution in [-0.4, -0.2) is 43.4 Å². The highest BCUT2D eigenvalue weighted by Crippen LogP contribution is 2.47. The van der Waals surface area contributed by atoms with Gasteiger partial charge in [0.1, 0.15) is 6.17 Å². The van der Waals surface area contributed by atoms with Crippen LogP contribution in [0, 0.1) is 5.41 Å². The van der Waals surface area contributed by atoms with E-state index in [0.717, 1.165) is 13.2 Å². The Kier molecular flexibility index (Phi) is 2.80. The largest absolute Gasteiger partial charge is 0.378 e. The Labute approximate surface area is 85.4 Å². The molecule has 2 aliphatic rings. The van der Waals surface area contributed by atoms with Gasteiger partial charge in [-0.25, -0.2) is 4.39 Å². The summed E-state index contributed by atoms with van der Waals surface area (Å²) >= 11 is 0. The number of hydrogen-bond donors (Lipinski definition) is 0.